The Hall–Kier alpha value is -0.360. The van der Waals surface area contributed by atoms with Gasteiger partial charge in [-0.25, -0.2) is 0 Å². The molecule has 5 nitrogen and oxygen atoms in total. The van der Waals surface area contributed by atoms with Crippen molar-refractivity contribution in [3.05, 3.63) is 0 Å². The summed E-state index contributed by atoms with van der Waals surface area (Å²) in [6, 6.07) is 0. The molecule has 6 heteroatoms. The molecule has 0 bridgehead atoms. The Morgan fingerprint density at radius 1 is 1.62 bits per heavy atom. The molecule has 1 saturated heterocycles. The van der Waals surface area contributed by atoms with E-state index in [0.29, 0.717) is 19.7 Å². The number of amides is 1. The van der Waals surface area contributed by atoms with Gasteiger partial charge in [-0.15, -0.1) is 12.4 Å². The number of carbonyl (C=O) groups excluding carboxylic acids is 1. The van der Waals surface area contributed by atoms with Crippen molar-refractivity contribution < 1.29 is 14.6 Å². The highest BCUT2D eigenvalue weighted by Gasteiger charge is 2.25. The summed E-state index contributed by atoms with van der Waals surface area (Å²) in [5.74, 6) is -0.00118. The number of nitrogens with one attached hydrogen (secondary N) is 2. The quantitative estimate of drug-likeness (QED) is 0.619. The van der Waals surface area contributed by atoms with E-state index >= 15 is 0 Å². The molecule has 1 fully saturated rings. The number of hydrogen-bond donors (Lipinski definition) is 3. The van der Waals surface area contributed by atoms with Crippen LogP contribution in [0.1, 0.15) is 13.8 Å². The molecular weight excluding hydrogens is 232 g/mol. The van der Waals surface area contributed by atoms with E-state index < -0.39 is 6.10 Å². The average Bonchev–Trinajstić information content (AvgIpc) is 2.61. The van der Waals surface area contributed by atoms with E-state index in [9.17, 15) is 9.90 Å². The van der Waals surface area contributed by atoms with E-state index in [1.54, 1.807) is 6.92 Å². The fourth-order valence-electron chi connectivity index (χ4n) is 1.63. The van der Waals surface area contributed by atoms with E-state index in [1.807, 2.05) is 6.92 Å². The van der Waals surface area contributed by atoms with Gasteiger partial charge in [0.25, 0.3) is 0 Å². The van der Waals surface area contributed by atoms with Crippen LogP contribution in [-0.2, 0) is 9.53 Å². The lowest BCUT2D eigenvalue weighted by atomic mass is 10.1. The van der Waals surface area contributed by atoms with E-state index in [1.165, 1.54) is 0 Å². The van der Waals surface area contributed by atoms with Crippen molar-refractivity contribution in [2.75, 3.05) is 26.2 Å². The molecule has 0 aliphatic carbocycles. The highest BCUT2D eigenvalue weighted by molar-refractivity contribution is 5.85. The molecule has 1 amide bonds. The second-order valence-corrected chi connectivity index (χ2v) is 3.83. The van der Waals surface area contributed by atoms with Crippen molar-refractivity contribution in [2.24, 2.45) is 5.92 Å². The molecule has 3 unspecified atom stereocenters. The zero-order chi connectivity index (χ0) is 11.3. The number of ether oxygens (including phenoxy) is 1. The first-order valence-electron chi connectivity index (χ1n) is 5.43. The topological polar surface area (TPSA) is 70.6 Å². The van der Waals surface area contributed by atoms with E-state index in [4.69, 9.17) is 4.74 Å². The van der Waals surface area contributed by atoms with Crippen molar-refractivity contribution >= 4 is 18.3 Å². The molecule has 1 aliphatic heterocycles. The minimum atomic E-state index is -0.415. The van der Waals surface area contributed by atoms with Gasteiger partial charge in [-0.05, 0) is 13.8 Å². The van der Waals surface area contributed by atoms with Gasteiger partial charge in [0.1, 0.15) is 6.10 Å². The van der Waals surface area contributed by atoms with Crippen molar-refractivity contribution in [3.63, 3.8) is 0 Å². The smallest absolute Gasteiger partial charge is 0.248 e. The molecule has 96 valence electrons. The van der Waals surface area contributed by atoms with Gasteiger partial charge in [0.2, 0.25) is 5.91 Å². The maximum atomic E-state index is 11.5. The van der Waals surface area contributed by atoms with Crippen LogP contribution in [0.5, 0.6) is 0 Å². The number of aliphatic hydroxyl groups is 1. The predicted octanol–water partition coefficient (Wildman–Crippen LogP) is -0.470. The van der Waals surface area contributed by atoms with Crippen molar-refractivity contribution in [2.45, 2.75) is 26.1 Å². The van der Waals surface area contributed by atoms with Gasteiger partial charge < -0.3 is 20.5 Å². The predicted molar refractivity (Wildman–Crippen MR) is 63.7 cm³/mol. The SMILES string of the molecule is CCOC(C)C(=O)NCC1CNCC1O.Cl. The summed E-state index contributed by atoms with van der Waals surface area (Å²) >= 11 is 0. The first kappa shape index (κ1) is 15.6. The second kappa shape index (κ2) is 7.84. The number of β-amino-alcohol motifs (C(OH)–C–C–N with tert-alkyl or cyclic N) is 1. The fourth-order valence-corrected chi connectivity index (χ4v) is 1.63. The van der Waals surface area contributed by atoms with Gasteiger partial charge in [0.15, 0.2) is 0 Å². The number of rotatable bonds is 5. The normalized spacial score (nSPS) is 25.9. The summed E-state index contributed by atoms with van der Waals surface area (Å²) in [6.07, 6.45) is -0.769. The van der Waals surface area contributed by atoms with E-state index in [0.717, 1.165) is 6.54 Å². The molecule has 0 radical (unpaired) electrons. The van der Waals surface area contributed by atoms with Crippen LogP contribution in [0.15, 0.2) is 0 Å². The molecule has 3 atom stereocenters. The Morgan fingerprint density at radius 3 is 2.81 bits per heavy atom. The zero-order valence-electron chi connectivity index (χ0n) is 9.73. The number of aliphatic hydroxyl groups excluding tert-OH is 1. The summed E-state index contributed by atoms with van der Waals surface area (Å²) in [5.41, 5.74) is 0. The largest absolute Gasteiger partial charge is 0.391 e. The van der Waals surface area contributed by atoms with Crippen LogP contribution in [0.25, 0.3) is 0 Å². The molecule has 1 heterocycles. The van der Waals surface area contributed by atoms with Crippen LogP contribution in [0.4, 0.5) is 0 Å². The third kappa shape index (κ3) is 4.65. The maximum Gasteiger partial charge on any atom is 0.248 e. The first-order valence-corrected chi connectivity index (χ1v) is 5.43. The van der Waals surface area contributed by atoms with Crippen LogP contribution in [-0.4, -0.2) is 49.5 Å². The summed E-state index contributed by atoms with van der Waals surface area (Å²) in [6.45, 7) is 5.98. The molecule has 0 saturated carbocycles. The molecule has 0 aromatic carbocycles. The minimum Gasteiger partial charge on any atom is -0.391 e. The van der Waals surface area contributed by atoms with Crippen molar-refractivity contribution in [3.8, 4) is 0 Å². The van der Waals surface area contributed by atoms with Crippen molar-refractivity contribution in [1.82, 2.24) is 10.6 Å². The lowest BCUT2D eigenvalue weighted by Crippen LogP contribution is -2.39. The molecule has 0 aromatic rings. The van der Waals surface area contributed by atoms with Crippen LogP contribution >= 0.6 is 12.4 Å². The molecule has 3 N–H and O–H groups in total. The molecule has 16 heavy (non-hydrogen) atoms. The zero-order valence-corrected chi connectivity index (χ0v) is 10.5. The monoisotopic (exact) mass is 252 g/mol. The van der Waals surface area contributed by atoms with Gasteiger partial charge in [-0.3, -0.25) is 4.79 Å². The number of hydrogen-bond acceptors (Lipinski definition) is 4. The standard InChI is InChI=1S/C10H20N2O3.ClH/c1-3-15-7(2)10(14)12-5-8-4-11-6-9(8)13;/h7-9,11,13H,3-6H2,1-2H3,(H,12,14);1H. The van der Waals surface area contributed by atoms with Gasteiger partial charge in [-0.1, -0.05) is 0 Å². The van der Waals surface area contributed by atoms with Crippen LogP contribution in [0.3, 0.4) is 0 Å². The Balaban J connectivity index is 0.00000225. The van der Waals surface area contributed by atoms with Crippen LogP contribution < -0.4 is 10.6 Å². The first-order chi connectivity index (χ1) is 7.15. The molecule has 1 rings (SSSR count). The third-order valence-electron chi connectivity index (χ3n) is 2.63. The Morgan fingerprint density at radius 2 is 2.31 bits per heavy atom. The van der Waals surface area contributed by atoms with E-state index in [2.05, 4.69) is 10.6 Å². The Bertz CT molecular complexity index is 216. The highest BCUT2D eigenvalue weighted by atomic mass is 35.5. The Labute approximate surface area is 102 Å². The van der Waals surface area contributed by atoms with E-state index in [-0.39, 0.29) is 30.3 Å². The Kier molecular flexibility index (Phi) is 7.66. The molecule has 0 aromatic heterocycles. The van der Waals surface area contributed by atoms with Gasteiger partial charge in [0, 0.05) is 32.2 Å². The maximum absolute atomic E-state index is 11.5. The molecule has 1 aliphatic rings. The van der Waals surface area contributed by atoms with Crippen LogP contribution in [0, 0.1) is 5.92 Å². The molecule has 0 spiro atoms. The van der Waals surface area contributed by atoms with Crippen molar-refractivity contribution in [1.29, 1.82) is 0 Å². The summed E-state index contributed by atoms with van der Waals surface area (Å²) < 4.78 is 5.16. The minimum absolute atomic E-state index is 0. The van der Waals surface area contributed by atoms with Crippen LogP contribution in [0.2, 0.25) is 0 Å². The lowest BCUT2D eigenvalue weighted by Gasteiger charge is -2.16. The summed E-state index contributed by atoms with van der Waals surface area (Å²) in [5, 5.41) is 15.3. The average molecular weight is 253 g/mol. The lowest BCUT2D eigenvalue weighted by molar-refractivity contribution is -0.131. The number of halogens is 1. The van der Waals surface area contributed by atoms with Gasteiger partial charge >= 0.3 is 0 Å². The second-order valence-electron chi connectivity index (χ2n) is 3.83. The fraction of sp³-hybridized carbons (Fsp3) is 0.900. The highest BCUT2D eigenvalue weighted by Crippen LogP contribution is 2.07. The third-order valence-corrected chi connectivity index (χ3v) is 2.63. The van der Waals surface area contributed by atoms with Gasteiger partial charge in [0.05, 0.1) is 6.10 Å². The summed E-state index contributed by atoms with van der Waals surface area (Å²) in [4.78, 5) is 11.5. The number of carbonyl (C=O) groups is 1. The van der Waals surface area contributed by atoms with Gasteiger partial charge in [-0.2, -0.15) is 0 Å². The molecular formula is C10H21ClN2O3. The summed E-state index contributed by atoms with van der Waals surface area (Å²) in [7, 11) is 0.